The molecule has 0 fully saturated rings. The summed E-state index contributed by atoms with van der Waals surface area (Å²) < 4.78 is 11.9. The van der Waals surface area contributed by atoms with Crippen molar-refractivity contribution >= 4 is 0 Å². The molecular weight excluding hydrogens is 384 g/mol. The second kappa shape index (κ2) is 7.52. The Morgan fingerprint density at radius 2 is 0.871 bits per heavy atom. The van der Waals surface area contributed by atoms with Crippen molar-refractivity contribution in [2.24, 2.45) is 0 Å². The van der Waals surface area contributed by atoms with Gasteiger partial charge < -0.3 is 8.83 Å². The molecule has 4 nitrogen and oxygen atoms in total. The Hall–Kier alpha value is -3.14. The molecule has 2 aromatic heterocycles. The molecule has 2 heterocycles. The van der Waals surface area contributed by atoms with E-state index in [4.69, 9.17) is 18.8 Å². The molecule has 0 bridgehead atoms. The van der Waals surface area contributed by atoms with Crippen molar-refractivity contribution in [3.05, 3.63) is 107 Å². The van der Waals surface area contributed by atoms with Gasteiger partial charge in [0.05, 0.1) is 11.4 Å². The fourth-order valence-electron chi connectivity index (χ4n) is 3.79. The van der Waals surface area contributed by atoms with E-state index in [0.29, 0.717) is 11.8 Å². The predicted octanol–water partition coefficient (Wildman–Crippen LogP) is 6.64. The third kappa shape index (κ3) is 3.71. The minimum absolute atomic E-state index is 0.268. The largest absolute Gasteiger partial charge is 0.448 e. The van der Waals surface area contributed by atoms with Crippen LogP contribution in [0, 0.1) is 0 Å². The third-order valence-corrected chi connectivity index (χ3v) is 6.35. The molecule has 160 valence electrons. The van der Waals surface area contributed by atoms with Crippen molar-refractivity contribution in [1.29, 1.82) is 0 Å². The van der Waals surface area contributed by atoms with E-state index < -0.39 is 5.41 Å². The Kier molecular flexibility index (Phi) is 5.12. The van der Waals surface area contributed by atoms with E-state index in [2.05, 4.69) is 52.0 Å². The molecule has 0 atom stereocenters. The molecule has 4 rings (SSSR count). The first-order valence-corrected chi connectivity index (χ1v) is 10.7. The number of hydrogen-bond acceptors (Lipinski definition) is 4. The van der Waals surface area contributed by atoms with Gasteiger partial charge in [0.1, 0.15) is 17.9 Å². The van der Waals surface area contributed by atoms with Crippen LogP contribution in [0.4, 0.5) is 0 Å². The summed E-state index contributed by atoms with van der Waals surface area (Å²) in [7, 11) is 0. The monoisotopic (exact) mass is 414 g/mol. The van der Waals surface area contributed by atoms with Gasteiger partial charge in [-0.05, 0) is 25.0 Å². The first-order valence-electron chi connectivity index (χ1n) is 10.7. The van der Waals surface area contributed by atoms with Crippen molar-refractivity contribution in [3.63, 3.8) is 0 Å². The molecule has 0 aliphatic rings. The average Bonchev–Trinajstić information content (AvgIpc) is 3.46. The Bertz CT molecular complexity index is 1060. The highest BCUT2D eigenvalue weighted by molar-refractivity contribution is 5.35. The zero-order valence-corrected chi connectivity index (χ0v) is 19.1. The first kappa shape index (κ1) is 21.1. The highest BCUT2D eigenvalue weighted by Crippen LogP contribution is 2.37. The van der Waals surface area contributed by atoms with Crippen LogP contribution >= 0.6 is 0 Å². The zero-order valence-electron chi connectivity index (χ0n) is 19.1. The van der Waals surface area contributed by atoms with Crippen molar-refractivity contribution in [2.45, 2.75) is 57.8 Å². The minimum Gasteiger partial charge on any atom is -0.448 e. The van der Waals surface area contributed by atoms with Gasteiger partial charge in [-0.3, -0.25) is 0 Å². The lowest BCUT2D eigenvalue weighted by atomic mass is 9.82. The van der Waals surface area contributed by atoms with Crippen LogP contribution in [0.1, 0.15) is 75.8 Å². The summed E-state index contributed by atoms with van der Waals surface area (Å²) in [6, 6.07) is 20.7. The molecule has 0 aliphatic carbocycles. The summed E-state index contributed by atoms with van der Waals surface area (Å²) in [4.78, 5) is 9.74. The SMILES string of the molecule is CC(C)(c1ccccc1)c1coc(C(C)(C)c2nc(C(C)(C)c3ccccc3)co2)n1. The summed E-state index contributed by atoms with van der Waals surface area (Å²) >= 11 is 0. The molecule has 2 aromatic carbocycles. The fraction of sp³-hybridized carbons (Fsp3) is 0.333. The third-order valence-electron chi connectivity index (χ3n) is 6.35. The van der Waals surface area contributed by atoms with E-state index in [1.807, 2.05) is 50.2 Å². The van der Waals surface area contributed by atoms with Gasteiger partial charge in [-0.25, -0.2) is 9.97 Å². The highest BCUT2D eigenvalue weighted by Gasteiger charge is 2.38. The second-order valence-corrected chi connectivity index (χ2v) is 9.68. The van der Waals surface area contributed by atoms with E-state index in [1.54, 1.807) is 12.5 Å². The molecule has 0 saturated carbocycles. The number of rotatable bonds is 6. The van der Waals surface area contributed by atoms with Gasteiger partial charge in [-0.15, -0.1) is 0 Å². The van der Waals surface area contributed by atoms with Gasteiger partial charge in [-0.1, -0.05) is 88.4 Å². The van der Waals surface area contributed by atoms with E-state index in [0.717, 1.165) is 11.4 Å². The number of aromatic nitrogens is 2. The molecule has 0 amide bonds. The lowest BCUT2D eigenvalue weighted by molar-refractivity contribution is 0.341. The van der Waals surface area contributed by atoms with Crippen LogP contribution in [0.15, 0.2) is 82.0 Å². The first-order chi connectivity index (χ1) is 14.6. The average molecular weight is 415 g/mol. The van der Waals surface area contributed by atoms with Gasteiger partial charge in [0, 0.05) is 10.8 Å². The summed E-state index contributed by atoms with van der Waals surface area (Å²) in [5, 5.41) is 0. The molecule has 0 N–H and O–H groups in total. The molecule has 4 aromatic rings. The van der Waals surface area contributed by atoms with E-state index in [1.165, 1.54) is 11.1 Å². The summed E-state index contributed by atoms with van der Waals surface area (Å²) in [6.07, 6.45) is 3.50. The van der Waals surface area contributed by atoms with E-state index in [9.17, 15) is 0 Å². The summed E-state index contributed by atoms with van der Waals surface area (Å²) in [6.45, 7) is 12.7. The molecule has 0 radical (unpaired) electrons. The maximum absolute atomic E-state index is 5.96. The smallest absolute Gasteiger partial charge is 0.209 e. The fourth-order valence-corrected chi connectivity index (χ4v) is 3.79. The maximum atomic E-state index is 5.96. The lowest BCUT2D eigenvalue weighted by Gasteiger charge is -2.23. The molecule has 0 spiro atoms. The van der Waals surface area contributed by atoms with Gasteiger partial charge in [-0.2, -0.15) is 0 Å². The molecule has 0 aliphatic heterocycles. The number of oxazole rings is 2. The quantitative estimate of drug-likeness (QED) is 0.355. The van der Waals surface area contributed by atoms with E-state index >= 15 is 0 Å². The standard InChI is InChI=1S/C27H30N2O2/c1-25(2,19-13-9-7-10-14-19)21-17-30-23(28-21)27(5,6)24-29-22(18-31-24)26(3,4)20-15-11-8-12-16-20/h7-18H,1-6H3. The predicted molar refractivity (Wildman–Crippen MR) is 122 cm³/mol. The minimum atomic E-state index is -0.601. The number of nitrogens with zero attached hydrogens (tertiary/aromatic N) is 2. The normalized spacial score (nSPS) is 12.8. The highest BCUT2D eigenvalue weighted by atomic mass is 16.4. The van der Waals surface area contributed by atoms with Crippen molar-refractivity contribution < 1.29 is 8.83 Å². The molecule has 31 heavy (non-hydrogen) atoms. The van der Waals surface area contributed by atoms with Crippen LogP contribution in [0.3, 0.4) is 0 Å². The van der Waals surface area contributed by atoms with Crippen LogP contribution in [0.25, 0.3) is 0 Å². The summed E-state index contributed by atoms with van der Waals surface area (Å²) in [5.74, 6) is 1.19. The maximum Gasteiger partial charge on any atom is 0.209 e. The van der Waals surface area contributed by atoms with Crippen LogP contribution in [-0.2, 0) is 16.2 Å². The molecule has 4 heteroatoms. The molecule has 0 unspecified atom stereocenters. The van der Waals surface area contributed by atoms with Crippen LogP contribution in [-0.4, -0.2) is 9.97 Å². The van der Waals surface area contributed by atoms with Gasteiger partial charge in [0.15, 0.2) is 0 Å². The summed E-state index contributed by atoms with van der Waals surface area (Å²) in [5.41, 5.74) is 3.02. The molecule has 0 saturated heterocycles. The number of hydrogen-bond donors (Lipinski definition) is 0. The van der Waals surface area contributed by atoms with Crippen LogP contribution in [0.5, 0.6) is 0 Å². The van der Waals surface area contributed by atoms with E-state index in [-0.39, 0.29) is 10.8 Å². The van der Waals surface area contributed by atoms with Gasteiger partial charge >= 0.3 is 0 Å². The van der Waals surface area contributed by atoms with Crippen molar-refractivity contribution in [3.8, 4) is 0 Å². The van der Waals surface area contributed by atoms with Crippen molar-refractivity contribution in [1.82, 2.24) is 9.97 Å². The zero-order chi connectivity index (χ0) is 22.3. The molecular formula is C27H30N2O2. The van der Waals surface area contributed by atoms with Crippen LogP contribution in [0.2, 0.25) is 0 Å². The van der Waals surface area contributed by atoms with Crippen LogP contribution < -0.4 is 0 Å². The van der Waals surface area contributed by atoms with Crippen molar-refractivity contribution in [2.75, 3.05) is 0 Å². The lowest BCUT2D eigenvalue weighted by Crippen LogP contribution is -2.24. The number of benzene rings is 2. The Balaban J connectivity index is 1.65. The second-order valence-electron chi connectivity index (χ2n) is 9.68. The van der Waals surface area contributed by atoms with Gasteiger partial charge in [0.25, 0.3) is 0 Å². The topological polar surface area (TPSA) is 52.1 Å². The van der Waals surface area contributed by atoms with Gasteiger partial charge in [0.2, 0.25) is 11.8 Å². The Labute approximate surface area is 184 Å². The Morgan fingerprint density at radius 1 is 0.516 bits per heavy atom. The Morgan fingerprint density at radius 3 is 1.23 bits per heavy atom.